The Morgan fingerprint density at radius 2 is 1.04 bits per heavy atom. The molecule has 0 amide bonds. The number of benzene rings is 2. The van der Waals surface area contributed by atoms with E-state index in [1.165, 1.54) is 0 Å². The van der Waals surface area contributed by atoms with Crippen molar-refractivity contribution < 1.29 is 18.9 Å². The average molecular weight is 462 g/mol. The fraction of sp³-hybridized carbons (Fsp3) is 0.444. The molecule has 2 aromatic carbocycles. The Bertz CT molecular complexity index is 604. The molecule has 0 aromatic heterocycles. The minimum atomic E-state index is 0.629. The van der Waals surface area contributed by atoms with Gasteiger partial charge in [0.05, 0.1) is 38.2 Å². The van der Waals surface area contributed by atoms with Crippen molar-refractivity contribution in [3.8, 4) is 23.0 Å². The topological polar surface area (TPSA) is 36.9 Å². The second-order valence-corrected chi connectivity index (χ2v) is 6.65. The maximum Gasteiger partial charge on any atom is 0.131 e. The number of fused-ring (bicyclic) bond motifs is 1. The maximum absolute atomic E-state index is 5.95. The lowest BCUT2D eigenvalue weighted by molar-refractivity contribution is 0.313. The van der Waals surface area contributed by atoms with E-state index < -0.39 is 0 Å². The number of methoxy groups -OCH3 is 2. The molecule has 0 spiro atoms. The van der Waals surface area contributed by atoms with Gasteiger partial charge in [0.15, 0.2) is 0 Å². The lowest BCUT2D eigenvalue weighted by Gasteiger charge is -2.17. The first-order valence-corrected chi connectivity index (χ1v) is 10.1. The molecule has 0 fully saturated rings. The molecule has 0 atom stereocenters. The normalized spacial score (nSPS) is 10.7. The van der Waals surface area contributed by atoms with E-state index in [0.717, 1.165) is 57.3 Å². The number of alkyl halides is 2. The van der Waals surface area contributed by atoms with E-state index >= 15 is 0 Å². The van der Waals surface area contributed by atoms with Gasteiger partial charge in [0.1, 0.15) is 23.0 Å². The Labute approximate surface area is 159 Å². The number of halogens is 2. The second kappa shape index (κ2) is 9.99. The first kappa shape index (κ1) is 19.2. The summed E-state index contributed by atoms with van der Waals surface area (Å²) in [6.07, 6.45) is 1.86. The van der Waals surface area contributed by atoms with Crippen LogP contribution in [0.15, 0.2) is 24.3 Å². The third-order valence-corrected chi connectivity index (χ3v) is 4.64. The van der Waals surface area contributed by atoms with Crippen molar-refractivity contribution in [2.75, 3.05) is 38.1 Å². The predicted octanol–water partition coefficient (Wildman–Crippen LogP) is 5.18. The van der Waals surface area contributed by atoms with Crippen LogP contribution in [0.3, 0.4) is 0 Å². The van der Waals surface area contributed by atoms with E-state index in [4.69, 9.17) is 18.9 Å². The van der Waals surface area contributed by atoms with Crippen molar-refractivity contribution in [1.29, 1.82) is 0 Å². The van der Waals surface area contributed by atoms with E-state index in [9.17, 15) is 0 Å². The highest BCUT2D eigenvalue weighted by atomic mass is 79.9. The van der Waals surface area contributed by atoms with Crippen LogP contribution in [0.2, 0.25) is 0 Å². The molecular formula is C18H22Br2O4. The predicted molar refractivity (Wildman–Crippen MR) is 105 cm³/mol. The van der Waals surface area contributed by atoms with E-state index in [-0.39, 0.29) is 0 Å². The van der Waals surface area contributed by atoms with Gasteiger partial charge in [0.2, 0.25) is 0 Å². The second-order valence-electron chi connectivity index (χ2n) is 5.06. The van der Waals surface area contributed by atoms with Crippen molar-refractivity contribution >= 4 is 42.6 Å². The van der Waals surface area contributed by atoms with Gasteiger partial charge in [-0.3, -0.25) is 0 Å². The largest absolute Gasteiger partial charge is 0.496 e. The molecule has 0 N–H and O–H groups in total. The lowest BCUT2D eigenvalue weighted by atomic mass is 10.1. The van der Waals surface area contributed by atoms with Gasteiger partial charge in [-0.05, 0) is 37.1 Å². The molecule has 0 saturated heterocycles. The zero-order valence-electron chi connectivity index (χ0n) is 13.9. The third-order valence-electron chi connectivity index (χ3n) is 3.52. The van der Waals surface area contributed by atoms with Crippen LogP contribution in [-0.2, 0) is 0 Å². The molecule has 4 nitrogen and oxygen atoms in total. The monoisotopic (exact) mass is 460 g/mol. The highest BCUT2D eigenvalue weighted by Crippen LogP contribution is 2.44. The van der Waals surface area contributed by atoms with E-state index in [0.29, 0.717) is 13.2 Å². The quantitative estimate of drug-likeness (QED) is 0.360. The Hall–Kier alpha value is -1.14. The fourth-order valence-electron chi connectivity index (χ4n) is 2.43. The Morgan fingerprint density at radius 1 is 0.667 bits per heavy atom. The Kier molecular flexibility index (Phi) is 7.99. The van der Waals surface area contributed by atoms with Crippen molar-refractivity contribution in [1.82, 2.24) is 0 Å². The van der Waals surface area contributed by atoms with Crippen molar-refractivity contribution in [3.63, 3.8) is 0 Å². The van der Waals surface area contributed by atoms with Crippen LogP contribution >= 0.6 is 31.9 Å². The summed E-state index contributed by atoms with van der Waals surface area (Å²) in [5.74, 6) is 3.03. The molecular weight excluding hydrogens is 440 g/mol. The van der Waals surface area contributed by atoms with Gasteiger partial charge < -0.3 is 18.9 Å². The van der Waals surface area contributed by atoms with Crippen molar-refractivity contribution in [2.24, 2.45) is 0 Å². The summed E-state index contributed by atoms with van der Waals surface area (Å²) < 4.78 is 23.0. The third kappa shape index (κ3) is 4.48. The van der Waals surface area contributed by atoms with Gasteiger partial charge in [-0.2, -0.15) is 0 Å². The minimum Gasteiger partial charge on any atom is -0.496 e. The Morgan fingerprint density at radius 3 is 1.38 bits per heavy atom. The molecule has 2 rings (SSSR count). The number of hydrogen-bond donors (Lipinski definition) is 0. The highest BCUT2D eigenvalue weighted by molar-refractivity contribution is 9.09. The molecule has 0 aliphatic carbocycles. The van der Waals surface area contributed by atoms with Gasteiger partial charge in [0.25, 0.3) is 0 Å². The zero-order valence-corrected chi connectivity index (χ0v) is 17.1. The van der Waals surface area contributed by atoms with Gasteiger partial charge in [-0.1, -0.05) is 31.9 Å². The summed E-state index contributed by atoms with van der Waals surface area (Å²) in [7, 11) is 3.31. The van der Waals surface area contributed by atoms with E-state index in [1.807, 2.05) is 24.3 Å². The molecule has 24 heavy (non-hydrogen) atoms. The Balaban J connectivity index is 2.53. The lowest BCUT2D eigenvalue weighted by Crippen LogP contribution is -2.02. The number of hydrogen-bond acceptors (Lipinski definition) is 4. The zero-order chi connectivity index (χ0) is 17.4. The molecule has 6 heteroatoms. The average Bonchev–Trinajstić information content (AvgIpc) is 2.62. The highest BCUT2D eigenvalue weighted by Gasteiger charge is 2.17. The van der Waals surface area contributed by atoms with Gasteiger partial charge in [-0.25, -0.2) is 0 Å². The first-order chi connectivity index (χ1) is 11.8. The fourth-order valence-corrected chi connectivity index (χ4v) is 2.88. The van der Waals surface area contributed by atoms with Gasteiger partial charge in [-0.15, -0.1) is 0 Å². The SMILES string of the molecule is COc1ccc(OC)c2c(OCCCBr)ccc(OCCCBr)c12. The molecule has 0 unspecified atom stereocenters. The molecule has 0 heterocycles. The maximum atomic E-state index is 5.95. The van der Waals surface area contributed by atoms with Crippen molar-refractivity contribution in [2.45, 2.75) is 12.8 Å². The van der Waals surface area contributed by atoms with Crippen LogP contribution in [0.4, 0.5) is 0 Å². The van der Waals surface area contributed by atoms with Gasteiger partial charge >= 0.3 is 0 Å². The molecule has 0 saturated carbocycles. The number of ether oxygens (including phenoxy) is 4. The van der Waals surface area contributed by atoms with Crippen LogP contribution in [0, 0.1) is 0 Å². The van der Waals surface area contributed by atoms with Crippen LogP contribution < -0.4 is 18.9 Å². The standard InChI is InChI=1S/C18H22Br2O4/c1-21-13-5-6-14(22-2)18-16(24-12-4-10-20)8-7-15(17(13)18)23-11-3-9-19/h5-8H,3-4,9-12H2,1-2H3. The molecule has 132 valence electrons. The number of rotatable bonds is 10. The summed E-state index contributed by atoms with van der Waals surface area (Å²) in [4.78, 5) is 0. The van der Waals surface area contributed by atoms with Gasteiger partial charge in [0, 0.05) is 10.7 Å². The summed E-state index contributed by atoms with van der Waals surface area (Å²) in [5.41, 5.74) is 0. The smallest absolute Gasteiger partial charge is 0.131 e. The van der Waals surface area contributed by atoms with E-state index in [2.05, 4.69) is 31.9 Å². The van der Waals surface area contributed by atoms with Crippen LogP contribution in [0.5, 0.6) is 23.0 Å². The molecule has 2 aromatic rings. The van der Waals surface area contributed by atoms with Crippen LogP contribution in [-0.4, -0.2) is 38.1 Å². The molecule has 0 radical (unpaired) electrons. The summed E-state index contributed by atoms with van der Waals surface area (Å²) in [5, 5.41) is 3.56. The molecule has 0 aliphatic heterocycles. The molecule has 0 bridgehead atoms. The summed E-state index contributed by atoms with van der Waals surface area (Å²) in [6.45, 7) is 1.26. The van der Waals surface area contributed by atoms with Crippen LogP contribution in [0.25, 0.3) is 10.8 Å². The minimum absolute atomic E-state index is 0.629. The summed E-state index contributed by atoms with van der Waals surface area (Å²) in [6, 6.07) is 7.64. The summed E-state index contributed by atoms with van der Waals surface area (Å²) >= 11 is 6.84. The van der Waals surface area contributed by atoms with Crippen LogP contribution in [0.1, 0.15) is 12.8 Å². The van der Waals surface area contributed by atoms with Crippen molar-refractivity contribution in [3.05, 3.63) is 24.3 Å². The molecule has 0 aliphatic rings. The van der Waals surface area contributed by atoms with E-state index in [1.54, 1.807) is 14.2 Å². The first-order valence-electron chi connectivity index (χ1n) is 7.82.